The Bertz CT molecular complexity index is 1730. The van der Waals surface area contributed by atoms with Crippen molar-refractivity contribution >= 4 is 23.0 Å². The number of esters is 1. The van der Waals surface area contributed by atoms with Crippen molar-refractivity contribution in [3.8, 4) is 40.1 Å². The molecule has 5 rings (SSSR count). The van der Waals surface area contributed by atoms with E-state index in [9.17, 15) is 45.3 Å². The highest BCUT2D eigenvalue weighted by molar-refractivity contribution is 5.89. The third kappa shape index (κ3) is 6.10. The smallest absolute Gasteiger partial charge is 0.330 e. The fourth-order valence-electron chi connectivity index (χ4n) is 4.40. The zero-order chi connectivity index (χ0) is 30.8. The van der Waals surface area contributed by atoms with E-state index in [1.165, 1.54) is 18.2 Å². The van der Waals surface area contributed by atoms with Gasteiger partial charge in [-0.1, -0.05) is 30.3 Å². The Labute approximate surface area is 242 Å². The number of rotatable bonds is 7. The summed E-state index contributed by atoms with van der Waals surface area (Å²) in [5.74, 6) is -4.09. The molecule has 7 N–H and O–H groups in total. The van der Waals surface area contributed by atoms with Gasteiger partial charge in [0.05, 0.1) is 0 Å². The van der Waals surface area contributed by atoms with Gasteiger partial charge in [0.25, 0.3) is 0 Å². The van der Waals surface area contributed by atoms with Crippen LogP contribution in [0.5, 0.6) is 28.7 Å². The molecular formula is C30H26O13. The van der Waals surface area contributed by atoms with Crippen molar-refractivity contribution in [1.29, 1.82) is 0 Å². The molecule has 0 spiro atoms. The summed E-state index contributed by atoms with van der Waals surface area (Å²) in [5.41, 5.74) is -0.104. The first-order valence-corrected chi connectivity index (χ1v) is 12.8. The van der Waals surface area contributed by atoms with Gasteiger partial charge in [-0.15, -0.1) is 0 Å². The molecule has 43 heavy (non-hydrogen) atoms. The number of phenolic OH excluding ortho intramolecular Hbond substituents is 4. The number of phenols is 4. The molecule has 4 aromatic rings. The molecule has 13 heteroatoms. The average molecular weight is 595 g/mol. The van der Waals surface area contributed by atoms with Crippen LogP contribution in [-0.2, 0) is 14.3 Å². The summed E-state index contributed by atoms with van der Waals surface area (Å²) in [6, 6.07) is 14.6. The average Bonchev–Trinajstić information content (AvgIpc) is 2.99. The maximum Gasteiger partial charge on any atom is 0.330 e. The van der Waals surface area contributed by atoms with Crippen LogP contribution in [-0.4, -0.2) is 79.0 Å². The lowest BCUT2D eigenvalue weighted by atomic mass is 9.99. The predicted octanol–water partition coefficient (Wildman–Crippen LogP) is 1.73. The quantitative estimate of drug-likeness (QED) is 0.0923. The summed E-state index contributed by atoms with van der Waals surface area (Å²) >= 11 is 0. The molecule has 224 valence electrons. The van der Waals surface area contributed by atoms with Gasteiger partial charge >= 0.3 is 5.97 Å². The van der Waals surface area contributed by atoms with E-state index in [0.29, 0.717) is 0 Å². The molecule has 0 saturated carbocycles. The van der Waals surface area contributed by atoms with Crippen LogP contribution in [0.25, 0.3) is 28.4 Å². The standard InChI is InChI=1S/C30H26O13/c31-16-8-7-15(10-17(16)32)19-11-18(33)24-20(41-19)12-21(25(35)27(24)37)42-30-29(39)28(38)26(36)22(43-30)13-40-23(34)9-6-14-4-2-1-3-5-14/h1-12,22,26,28-32,35-39H,13H2/b9-6+/t22-,26-,28+,29-,30-/m1/s1. The van der Waals surface area contributed by atoms with Crippen molar-refractivity contribution in [3.63, 3.8) is 0 Å². The van der Waals surface area contributed by atoms with Gasteiger partial charge in [0, 0.05) is 23.8 Å². The van der Waals surface area contributed by atoms with Crippen molar-refractivity contribution in [2.75, 3.05) is 6.61 Å². The highest BCUT2D eigenvalue weighted by atomic mass is 16.7. The van der Waals surface area contributed by atoms with Gasteiger partial charge in [-0.2, -0.15) is 0 Å². The summed E-state index contributed by atoms with van der Waals surface area (Å²) in [6.45, 7) is -0.546. The Balaban J connectivity index is 1.37. The highest BCUT2D eigenvalue weighted by Gasteiger charge is 2.46. The zero-order valence-electron chi connectivity index (χ0n) is 22.1. The topological polar surface area (TPSA) is 217 Å². The lowest BCUT2D eigenvalue weighted by Gasteiger charge is -2.39. The van der Waals surface area contributed by atoms with Gasteiger partial charge in [0.15, 0.2) is 28.4 Å². The SMILES string of the molecule is O=C(/C=C/c1ccccc1)OC[C@H]1O[C@@H](Oc2cc3oc(-c4ccc(O)c(O)c4)cc(=O)c3c(O)c2O)[C@H](O)[C@@H](O)[C@@H]1O. The lowest BCUT2D eigenvalue weighted by Crippen LogP contribution is -2.60. The van der Waals surface area contributed by atoms with Crippen LogP contribution >= 0.6 is 0 Å². The molecule has 13 nitrogen and oxygen atoms in total. The van der Waals surface area contributed by atoms with Crippen LogP contribution in [0, 0.1) is 0 Å². The monoisotopic (exact) mass is 594 g/mol. The second kappa shape index (κ2) is 12.0. The van der Waals surface area contributed by atoms with E-state index in [1.54, 1.807) is 24.3 Å². The van der Waals surface area contributed by atoms with E-state index < -0.39 is 82.8 Å². The van der Waals surface area contributed by atoms with Crippen LogP contribution < -0.4 is 10.2 Å². The first kappa shape index (κ1) is 29.4. The maximum atomic E-state index is 12.8. The molecule has 1 aliphatic heterocycles. The van der Waals surface area contributed by atoms with Crippen LogP contribution in [0.3, 0.4) is 0 Å². The number of aromatic hydroxyl groups is 4. The number of aliphatic hydroxyl groups excluding tert-OH is 3. The van der Waals surface area contributed by atoms with E-state index in [1.807, 2.05) is 6.07 Å². The molecule has 0 amide bonds. The first-order chi connectivity index (χ1) is 20.5. The van der Waals surface area contributed by atoms with Crippen molar-refractivity contribution in [2.24, 2.45) is 0 Å². The van der Waals surface area contributed by atoms with Crippen LogP contribution in [0.2, 0.25) is 0 Å². The number of aliphatic hydroxyl groups is 3. The minimum Gasteiger partial charge on any atom is -0.504 e. The Morgan fingerprint density at radius 1 is 0.860 bits per heavy atom. The molecule has 0 radical (unpaired) electrons. The van der Waals surface area contributed by atoms with Gasteiger partial charge in [0.1, 0.15) is 47.8 Å². The second-order valence-corrected chi connectivity index (χ2v) is 9.63. The van der Waals surface area contributed by atoms with Gasteiger partial charge < -0.3 is 54.4 Å². The van der Waals surface area contributed by atoms with Crippen LogP contribution in [0.4, 0.5) is 0 Å². The molecule has 5 atom stereocenters. The Morgan fingerprint density at radius 3 is 2.33 bits per heavy atom. The molecule has 0 bridgehead atoms. The van der Waals surface area contributed by atoms with Crippen LogP contribution in [0.15, 0.2) is 76.0 Å². The third-order valence-corrected chi connectivity index (χ3v) is 6.70. The number of ether oxygens (including phenoxy) is 3. The Kier molecular flexibility index (Phi) is 8.23. The summed E-state index contributed by atoms with van der Waals surface area (Å²) in [4.78, 5) is 24.9. The van der Waals surface area contributed by atoms with E-state index >= 15 is 0 Å². The van der Waals surface area contributed by atoms with Crippen molar-refractivity contribution in [1.82, 2.24) is 0 Å². The number of carbonyl (C=O) groups excluding carboxylic acids is 1. The number of benzene rings is 3. The summed E-state index contributed by atoms with van der Waals surface area (Å²) in [7, 11) is 0. The number of hydrogen-bond donors (Lipinski definition) is 7. The molecule has 2 heterocycles. The molecule has 1 aromatic heterocycles. The van der Waals surface area contributed by atoms with Crippen LogP contribution in [0.1, 0.15) is 5.56 Å². The fraction of sp³-hybridized carbons (Fsp3) is 0.200. The molecule has 3 aromatic carbocycles. The van der Waals surface area contributed by atoms with Gasteiger partial charge in [-0.25, -0.2) is 4.79 Å². The van der Waals surface area contributed by atoms with Crippen molar-refractivity contribution < 1.29 is 59.2 Å². The Hall–Kier alpha value is -5.08. The third-order valence-electron chi connectivity index (χ3n) is 6.70. The van der Waals surface area contributed by atoms with Gasteiger partial charge in [0.2, 0.25) is 12.0 Å². The van der Waals surface area contributed by atoms with E-state index in [-0.39, 0.29) is 16.9 Å². The molecular weight excluding hydrogens is 568 g/mol. The fourth-order valence-corrected chi connectivity index (χ4v) is 4.40. The zero-order valence-corrected chi connectivity index (χ0v) is 22.1. The molecule has 1 aliphatic rings. The first-order valence-electron chi connectivity index (χ1n) is 12.8. The number of carbonyl (C=O) groups is 1. The van der Waals surface area contributed by atoms with E-state index in [2.05, 4.69) is 0 Å². The van der Waals surface area contributed by atoms with Gasteiger partial charge in [-0.05, 0) is 29.8 Å². The summed E-state index contributed by atoms with van der Waals surface area (Å²) in [5, 5.41) is 71.4. The molecule has 0 aliphatic carbocycles. The highest BCUT2D eigenvalue weighted by Crippen LogP contribution is 2.43. The normalized spacial score (nSPS) is 22.1. The van der Waals surface area contributed by atoms with Crippen molar-refractivity contribution in [2.45, 2.75) is 30.7 Å². The lowest BCUT2D eigenvalue weighted by molar-refractivity contribution is -0.278. The number of fused-ring (bicyclic) bond motifs is 1. The van der Waals surface area contributed by atoms with E-state index in [0.717, 1.165) is 29.8 Å². The summed E-state index contributed by atoms with van der Waals surface area (Å²) in [6.07, 6.45) is -5.86. The predicted molar refractivity (Wildman–Crippen MR) is 148 cm³/mol. The van der Waals surface area contributed by atoms with E-state index in [4.69, 9.17) is 18.6 Å². The minimum atomic E-state index is -1.87. The molecule has 0 unspecified atom stereocenters. The van der Waals surface area contributed by atoms with Gasteiger partial charge in [-0.3, -0.25) is 4.79 Å². The Morgan fingerprint density at radius 2 is 1.60 bits per heavy atom. The maximum absolute atomic E-state index is 12.8. The molecule has 1 fully saturated rings. The van der Waals surface area contributed by atoms with Crippen molar-refractivity contribution in [3.05, 3.63) is 82.5 Å². The molecule has 1 saturated heterocycles. The largest absolute Gasteiger partial charge is 0.504 e. The number of hydrogen-bond acceptors (Lipinski definition) is 13. The summed E-state index contributed by atoms with van der Waals surface area (Å²) < 4.78 is 21.9. The minimum absolute atomic E-state index is 0.0699. The second-order valence-electron chi connectivity index (χ2n) is 9.63.